The molecular formula is C22H25N7O2. The van der Waals surface area contributed by atoms with Crippen LogP contribution in [-0.4, -0.2) is 54.0 Å². The minimum Gasteiger partial charge on any atom is -0.394 e. The van der Waals surface area contributed by atoms with Crippen LogP contribution in [-0.2, 0) is 13.0 Å². The molecule has 4 N–H and O–H groups in total. The average molecular weight is 419 g/mol. The highest BCUT2D eigenvalue weighted by Crippen LogP contribution is 2.20. The van der Waals surface area contributed by atoms with E-state index in [1.807, 2.05) is 25.3 Å². The Morgan fingerprint density at radius 3 is 2.48 bits per heavy atom. The lowest BCUT2D eigenvalue weighted by Gasteiger charge is -2.15. The number of aliphatic hydroxyl groups is 2. The topological polar surface area (TPSA) is 120 Å². The van der Waals surface area contributed by atoms with Crippen molar-refractivity contribution in [2.75, 3.05) is 23.8 Å². The SMILES string of the molecule is CCc1cnn2c(NCc3ccc(-c4cccnc4)cc3)nc(NC(CO)CO)nc12. The van der Waals surface area contributed by atoms with Gasteiger partial charge in [0.1, 0.15) is 0 Å². The zero-order valence-corrected chi connectivity index (χ0v) is 17.2. The second kappa shape index (κ2) is 9.50. The molecule has 4 aromatic rings. The molecule has 0 saturated carbocycles. The van der Waals surface area contributed by atoms with Crippen LogP contribution in [0.1, 0.15) is 18.1 Å². The average Bonchev–Trinajstić information content (AvgIpc) is 3.25. The van der Waals surface area contributed by atoms with Crippen molar-refractivity contribution in [2.45, 2.75) is 25.9 Å². The normalized spacial score (nSPS) is 11.2. The van der Waals surface area contributed by atoms with E-state index < -0.39 is 6.04 Å². The zero-order chi connectivity index (χ0) is 21.6. The highest BCUT2D eigenvalue weighted by Gasteiger charge is 2.14. The van der Waals surface area contributed by atoms with Crippen molar-refractivity contribution in [1.29, 1.82) is 0 Å². The van der Waals surface area contributed by atoms with Gasteiger partial charge in [-0.05, 0) is 29.2 Å². The number of aryl methyl sites for hydroxylation is 1. The van der Waals surface area contributed by atoms with E-state index >= 15 is 0 Å². The number of fused-ring (bicyclic) bond motifs is 1. The number of aromatic nitrogens is 5. The predicted octanol–water partition coefficient (Wildman–Crippen LogP) is 2.13. The van der Waals surface area contributed by atoms with Gasteiger partial charge in [-0.1, -0.05) is 37.3 Å². The Morgan fingerprint density at radius 1 is 1.00 bits per heavy atom. The molecule has 0 aliphatic rings. The molecule has 0 saturated heterocycles. The van der Waals surface area contributed by atoms with Gasteiger partial charge in [0, 0.05) is 24.5 Å². The molecule has 160 valence electrons. The summed E-state index contributed by atoms with van der Waals surface area (Å²) in [6.45, 7) is 2.13. The van der Waals surface area contributed by atoms with Gasteiger partial charge in [-0.3, -0.25) is 4.98 Å². The summed E-state index contributed by atoms with van der Waals surface area (Å²) in [4.78, 5) is 13.2. The lowest BCUT2D eigenvalue weighted by atomic mass is 10.1. The van der Waals surface area contributed by atoms with Crippen LogP contribution in [0.25, 0.3) is 16.8 Å². The van der Waals surface area contributed by atoms with E-state index in [2.05, 4.69) is 54.9 Å². The molecule has 0 atom stereocenters. The number of rotatable bonds is 9. The second-order valence-electron chi connectivity index (χ2n) is 7.13. The first-order valence-electron chi connectivity index (χ1n) is 10.2. The molecule has 9 heteroatoms. The number of aliphatic hydroxyl groups excluding tert-OH is 2. The summed E-state index contributed by atoms with van der Waals surface area (Å²) in [6.07, 6.45) is 6.15. The van der Waals surface area contributed by atoms with Crippen molar-refractivity contribution in [3.05, 3.63) is 66.1 Å². The maximum absolute atomic E-state index is 9.37. The summed E-state index contributed by atoms with van der Waals surface area (Å²) in [5.41, 5.74) is 4.93. The van der Waals surface area contributed by atoms with E-state index in [9.17, 15) is 10.2 Å². The van der Waals surface area contributed by atoms with Crippen molar-refractivity contribution in [2.24, 2.45) is 0 Å². The van der Waals surface area contributed by atoms with Crippen LogP contribution in [0, 0.1) is 0 Å². The molecule has 0 amide bonds. The molecule has 0 bridgehead atoms. The fourth-order valence-corrected chi connectivity index (χ4v) is 3.21. The standard InChI is InChI=1S/C22H25N7O2/c1-2-16-12-25-29-20(16)27-21(26-19(13-30)14-31)28-22(29)24-10-15-5-7-17(8-6-15)18-4-3-9-23-11-18/h3-9,11-12,19,30-31H,2,10,13-14H2,1H3,(H2,24,26,27,28). The largest absolute Gasteiger partial charge is 0.394 e. The maximum Gasteiger partial charge on any atom is 0.229 e. The van der Waals surface area contributed by atoms with Gasteiger partial charge in [0.25, 0.3) is 0 Å². The summed E-state index contributed by atoms with van der Waals surface area (Å²) in [6, 6.07) is 11.6. The van der Waals surface area contributed by atoms with Gasteiger partial charge in [-0.15, -0.1) is 0 Å². The molecule has 1 aromatic carbocycles. The number of anilines is 2. The first-order valence-corrected chi connectivity index (χ1v) is 10.2. The van der Waals surface area contributed by atoms with E-state index in [1.165, 1.54) is 0 Å². The molecule has 3 heterocycles. The highest BCUT2D eigenvalue weighted by atomic mass is 16.3. The molecule has 0 unspecified atom stereocenters. The van der Waals surface area contributed by atoms with Crippen LogP contribution in [0.4, 0.5) is 11.9 Å². The number of hydrogen-bond donors (Lipinski definition) is 4. The molecule has 0 fully saturated rings. The Balaban J connectivity index is 1.56. The molecule has 9 nitrogen and oxygen atoms in total. The van der Waals surface area contributed by atoms with Crippen LogP contribution < -0.4 is 10.6 Å². The fraction of sp³-hybridized carbons (Fsp3) is 0.273. The summed E-state index contributed by atoms with van der Waals surface area (Å²) in [7, 11) is 0. The third-order valence-corrected chi connectivity index (χ3v) is 5.00. The lowest BCUT2D eigenvalue weighted by Crippen LogP contribution is -2.29. The summed E-state index contributed by atoms with van der Waals surface area (Å²) in [5.74, 6) is 0.850. The number of nitrogens with one attached hydrogen (secondary N) is 2. The molecule has 3 aromatic heterocycles. The number of benzene rings is 1. The molecule has 0 aliphatic carbocycles. The number of hydrogen-bond acceptors (Lipinski definition) is 8. The Kier molecular flexibility index (Phi) is 6.34. The number of nitrogens with zero attached hydrogens (tertiary/aromatic N) is 5. The van der Waals surface area contributed by atoms with Gasteiger partial charge in [0.15, 0.2) is 5.65 Å². The van der Waals surface area contributed by atoms with Gasteiger partial charge in [0.05, 0.1) is 25.5 Å². The fourth-order valence-electron chi connectivity index (χ4n) is 3.21. The van der Waals surface area contributed by atoms with E-state index in [-0.39, 0.29) is 13.2 Å². The third-order valence-electron chi connectivity index (χ3n) is 5.00. The van der Waals surface area contributed by atoms with E-state index in [4.69, 9.17) is 0 Å². The van der Waals surface area contributed by atoms with E-state index in [0.717, 1.165) is 28.7 Å². The van der Waals surface area contributed by atoms with Crippen LogP contribution in [0.15, 0.2) is 55.0 Å². The van der Waals surface area contributed by atoms with Crippen molar-refractivity contribution in [3.8, 4) is 11.1 Å². The summed E-state index contributed by atoms with van der Waals surface area (Å²) >= 11 is 0. The van der Waals surface area contributed by atoms with Crippen molar-refractivity contribution < 1.29 is 10.2 Å². The van der Waals surface area contributed by atoms with Gasteiger partial charge < -0.3 is 20.8 Å². The van der Waals surface area contributed by atoms with Gasteiger partial charge >= 0.3 is 0 Å². The summed E-state index contributed by atoms with van der Waals surface area (Å²) in [5, 5.41) is 29.4. The van der Waals surface area contributed by atoms with Crippen molar-refractivity contribution in [1.82, 2.24) is 24.6 Å². The smallest absolute Gasteiger partial charge is 0.229 e. The van der Waals surface area contributed by atoms with Crippen molar-refractivity contribution in [3.63, 3.8) is 0 Å². The zero-order valence-electron chi connectivity index (χ0n) is 17.2. The van der Waals surface area contributed by atoms with Crippen LogP contribution in [0.3, 0.4) is 0 Å². The monoisotopic (exact) mass is 419 g/mol. The molecule has 0 spiro atoms. The minimum atomic E-state index is -0.539. The Hall–Kier alpha value is -3.56. The number of pyridine rings is 1. The molecular weight excluding hydrogens is 394 g/mol. The Labute approximate surface area is 179 Å². The first-order chi connectivity index (χ1) is 15.2. The van der Waals surface area contributed by atoms with Gasteiger partial charge in [-0.2, -0.15) is 19.6 Å². The molecule has 31 heavy (non-hydrogen) atoms. The third kappa shape index (κ3) is 4.62. The van der Waals surface area contributed by atoms with Crippen molar-refractivity contribution >= 4 is 17.5 Å². The molecule has 0 radical (unpaired) electrons. The summed E-state index contributed by atoms with van der Waals surface area (Å²) < 4.78 is 1.67. The first kappa shape index (κ1) is 20.7. The Morgan fingerprint density at radius 2 is 1.81 bits per heavy atom. The van der Waals surface area contributed by atoms with E-state index in [0.29, 0.717) is 24.1 Å². The second-order valence-corrected chi connectivity index (χ2v) is 7.13. The van der Waals surface area contributed by atoms with Crippen LogP contribution in [0.5, 0.6) is 0 Å². The molecule has 4 rings (SSSR count). The van der Waals surface area contributed by atoms with Gasteiger partial charge in [0.2, 0.25) is 11.9 Å². The quantitative estimate of drug-likeness (QED) is 0.326. The highest BCUT2D eigenvalue weighted by molar-refractivity contribution is 5.62. The molecule has 0 aliphatic heterocycles. The lowest BCUT2D eigenvalue weighted by molar-refractivity contribution is 0.203. The van der Waals surface area contributed by atoms with Crippen LogP contribution in [0.2, 0.25) is 0 Å². The maximum atomic E-state index is 9.37. The van der Waals surface area contributed by atoms with Gasteiger partial charge in [-0.25, -0.2) is 0 Å². The van der Waals surface area contributed by atoms with E-state index in [1.54, 1.807) is 16.9 Å². The predicted molar refractivity (Wildman–Crippen MR) is 119 cm³/mol. The minimum absolute atomic E-state index is 0.225. The van der Waals surface area contributed by atoms with Crippen LogP contribution >= 0.6 is 0 Å². The Bertz CT molecular complexity index is 1130.